The average molecular weight is 544 g/mol. The van der Waals surface area contributed by atoms with Crippen LogP contribution < -0.4 is 10.6 Å². The first-order chi connectivity index (χ1) is 16.7. The van der Waals surface area contributed by atoms with Crippen LogP contribution in [-0.2, 0) is 43.9 Å². The Labute approximate surface area is 232 Å². The summed E-state index contributed by atoms with van der Waals surface area (Å²) in [5, 5.41) is 15.5. The van der Waals surface area contributed by atoms with Gasteiger partial charge in [-0.2, -0.15) is 0 Å². The summed E-state index contributed by atoms with van der Waals surface area (Å²) in [6.07, 6.45) is 12.5. The molecule has 1 saturated carbocycles. The van der Waals surface area contributed by atoms with Crippen molar-refractivity contribution < 1.29 is 42.6 Å². The van der Waals surface area contributed by atoms with Gasteiger partial charge in [0.15, 0.2) is 0 Å². The molecule has 0 aliphatic heterocycles. The van der Waals surface area contributed by atoms with Gasteiger partial charge in [-0.1, -0.05) is 68.4 Å². The van der Waals surface area contributed by atoms with Crippen LogP contribution in [0.3, 0.4) is 0 Å². The molecule has 0 unspecified atom stereocenters. The summed E-state index contributed by atoms with van der Waals surface area (Å²) in [6, 6.07) is 15.3. The zero-order chi connectivity index (χ0) is 23.6. The minimum Gasteiger partial charge on any atom is -0.395 e. The van der Waals surface area contributed by atoms with Crippen LogP contribution in [0.2, 0.25) is 0 Å². The number of nitrogens with zero attached hydrogens (tertiary/aromatic N) is 2. The third-order valence-electron chi connectivity index (χ3n) is 6.20. The molecule has 2 aromatic carbocycles. The molecule has 1 radical (unpaired) electrons. The Morgan fingerprint density at radius 1 is 1.03 bits per heavy atom. The topological polar surface area (TPSA) is 87.1 Å². The van der Waals surface area contributed by atoms with Crippen molar-refractivity contribution in [3.8, 4) is 11.8 Å². The average Bonchev–Trinajstić information content (AvgIpc) is 2.82. The summed E-state index contributed by atoms with van der Waals surface area (Å²) in [5.41, 5.74) is 3.53. The molecule has 0 bridgehead atoms. The van der Waals surface area contributed by atoms with Crippen molar-refractivity contribution in [2.75, 3.05) is 17.2 Å². The normalized spacial score (nSPS) is 14.1. The third-order valence-corrected chi connectivity index (χ3v) is 6.20. The van der Waals surface area contributed by atoms with Gasteiger partial charge in [-0.05, 0) is 47.2 Å². The molecule has 0 spiro atoms. The Hall–Kier alpha value is -2.33. The van der Waals surface area contributed by atoms with Crippen molar-refractivity contribution in [2.24, 2.45) is 5.92 Å². The van der Waals surface area contributed by atoms with Gasteiger partial charge in [0.25, 0.3) is 5.91 Å². The second-order valence-electron chi connectivity index (χ2n) is 8.82. The maximum Gasteiger partial charge on any atom is 0.298 e. The molecule has 179 valence electrons. The van der Waals surface area contributed by atoms with Gasteiger partial charge in [-0.25, -0.2) is 0 Å². The maximum absolute atomic E-state index is 12.0. The molecule has 3 aromatic rings. The predicted molar refractivity (Wildman–Crippen MR) is 136 cm³/mol. The van der Waals surface area contributed by atoms with Crippen molar-refractivity contribution in [3.05, 3.63) is 54.4 Å². The van der Waals surface area contributed by atoms with Crippen LogP contribution in [0.25, 0.3) is 10.9 Å². The first-order valence-corrected chi connectivity index (χ1v) is 12.1. The molecule has 0 saturated heterocycles. The molecule has 1 aliphatic carbocycles. The first kappa shape index (κ1) is 27.3. The van der Waals surface area contributed by atoms with E-state index in [-0.39, 0.29) is 45.7 Å². The smallest absolute Gasteiger partial charge is 0.298 e. The number of benzene rings is 2. The molecule has 35 heavy (non-hydrogen) atoms. The molecule has 3 N–H and O–H groups in total. The Morgan fingerprint density at radius 3 is 2.51 bits per heavy atom. The number of carbonyl (C=O) groups is 1. The van der Waals surface area contributed by atoms with Crippen molar-refractivity contribution in [2.45, 2.75) is 57.8 Å². The number of amides is 1. The number of rotatable bonds is 6. The Bertz CT molecular complexity index is 1160. The van der Waals surface area contributed by atoms with E-state index in [1.807, 2.05) is 6.07 Å². The molecule has 1 aliphatic rings. The summed E-state index contributed by atoms with van der Waals surface area (Å²) in [7, 11) is 0. The van der Waals surface area contributed by atoms with Gasteiger partial charge in [0.05, 0.1) is 18.8 Å². The van der Waals surface area contributed by atoms with E-state index in [1.165, 1.54) is 56.8 Å². The molecule has 0 atom stereocenters. The summed E-state index contributed by atoms with van der Waals surface area (Å²) < 4.78 is 0. The number of anilines is 3. The number of aliphatic hydroxyl groups is 1. The van der Waals surface area contributed by atoms with E-state index >= 15 is 0 Å². The maximum atomic E-state index is 12.0. The minimum absolute atomic E-state index is 0. The third kappa shape index (κ3) is 8.38. The van der Waals surface area contributed by atoms with Crippen molar-refractivity contribution >= 4 is 34.0 Å². The molecular weight excluding hydrogens is 513 g/mol. The van der Waals surface area contributed by atoms with Gasteiger partial charge in [0.1, 0.15) is 0 Å². The monoisotopic (exact) mass is 544 g/mol. The van der Waals surface area contributed by atoms with E-state index in [0.29, 0.717) is 16.9 Å². The summed E-state index contributed by atoms with van der Waals surface area (Å²) >= 11 is 0. The SMILES string of the molecule is O=C(C#CCCO)Nc1[c-]c2c(Nc3ccc(CC4CCCCCCC4)cc3)ncnc2cc1.[Y]. The molecule has 7 heteroatoms. The summed E-state index contributed by atoms with van der Waals surface area (Å²) in [4.78, 5) is 20.7. The Morgan fingerprint density at radius 2 is 1.77 bits per heavy atom. The van der Waals surface area contributed by atoms with E-state index in [0.717, 1.165) is 23.5 Å². The summed E-state index contributed by atoms with van der Waals surface area (Å²) in [5.74, 6) is 6.03. The number of carbonyl (C=O) groups excluding carboxylic acids is 1. The zero-order valence-corrected chi connectivity index (χ0v) is 22.9. The molecular formula is C28H31N4O2Y-. The number of hydrogen-bond donors (Lipinski definition) is 3. The van der Waals surface area contributed by atoms with Gasteiger partial charge in [0, 0.05) is 44.8 Å². The zero-order valence-electron chi connectivity index (χ0n) is 20.0. The van der Waals surface area contributed by atoms with E-state index in [4.69, 9.17) is 5.11 Å². The van der Waals surface area contributed by atoms with E-state index in [9.17, 15) is 4.79 Å². The van der Waals surface area contributed by atoms with Crippen LogP contribution in [0.1, 0.15) is 56.9 Å². The van der Waals surface area contributed by atoms with Gasteiger partial charge < -0.3 is 15.7 Å². The van der Waals surface area contributed by atoms with Gasteiger partial charge in [-0.3, -0.25) is 14.8 Å². The molecule has 1 amide bonds. The van der Waals surface area contributed by atoms with Crippen LogP contribution in [-0.4, -0.2) is 27.6 Å². The van der Waals surface area contributed by atoms with Gasteiger partial charge in [0.2, 0.25) is 0 Å². The number of aromatic nitrogens is 2. The van der Waals surface area contributed by atoms with Crippen LogP contribution in [0, 0.1) is 23.8 Å². The van der Waals surface area contributed by atoms with Crippen molar-refractivity contribution in [3.63, 3.8) is 0 Å². The largest absolute Gasteiger partial charge is 0.395 e. The second kappa shape index (κ2) is 14.3. The molecule has 4 rings (SSSR count). The number of nitrogens with one attached hydrogen (secondary N) is 2. The fraction of sp³-hybridized carbons (Fsp3) is 0.393. The summed E-state index contributed by atoms with van der Waals surface area (Å²) in [6.45, 7) is -0.0731. The van der Waals surface area contributed by atoms with Crippen LogP contribution in [0.15, 0.2) is 42.7 Å². The van der Waals surface area contributed by atoms with E-state index in [2.05, 4.69) is 62.8 Å². The Kier molecular flexibility index (Phi) is 11.1. The number of fused-ring (bicyclic) bond motifs is 1. The quantitative estimate of drug-likeness (QED) is 0.286. The molecule has 1 heterocycles. The first-order valence-electron chi connectivity index (χ1n) is 12.1. The van der Waals surface area contributed by atoms with Crippen LogP contribution >= 0.6 is 0 Å². The Balaban J connectivity index is 0.00000342. The van der Waals surface area contributed by atoms with Crippen molar-refractivity contribution in [1.82, 2.24) is 9.97 Å². The second-order valence-corrected chi connectivity index (χ2v) is 8.82. The molecule has 6 nitrogen and oxygen atoms in total. The number of hydrogen-bond acceptors (Lipinski definition) is 5. The van der Waals surface area contributed by atoms with Crippen molar-refractivity contribution in [1.29, 1.82) is 0 Å². The van der Waals surface area contributed by atoms with Crippen LogP contribution in [0.5, 0.6) is 0 Å². The fourth-order valence-corrected chi connectivity index (χ4v) is 4.45. The van der Waals surface area contributed by atoms with Crippen LogP contribution in [0.4, 0.5) is 17.2 Å². The van der Waals surface area contributed by atoms with E-state index < -0.39 is 5.91 Å². The number of aliphatic hydroxyl groups excluding tert-OH is 1. The minimum atomic E-state index is -0.449. The fourth-order valence-electron chi connectivity index (χ4n) is 4.45. The van der Waals surface area contributed by atoms with Gasteiger partial charge in [-0.15, -0.1) is 18.2 Å². The van der Waals surface area contributed by atoms with E-state index in [1.54, 1.807) is 6.07 Å². The standard InChI is InChI=1S/C28H31N4O2.Y/c33-17-7-6-10-27(34)31-24-15-16-26-25(19-24)28(30-20-29-26)32-23-13-11-22(12-14-23)18-21-8-4-2-1-3-5-9-21;/h11-16,20-21,33H,1-5,7-9,17-18H2,(H,31,34)(H,29,30,32);/q-1;. The predicted octanol–water partition coefficient (Wildman–Crippen LogP) is 5.40. The van der Waals surface area contributed by atoms with Gasteiger partial charge >= 0.3 is 0 Å². The molecule has 1 aromatic heterocycles. The molecule has 1 fully saturated rings.